The van der Waals surface area contributed by atoms with Gasteiger partial charge in [0.15, 0.2) is 0 Å². The second kappa shape index (κ2) is 9.35. The highest BCUT2D eigenvalue weighted by atomic mass is 35.5. The Morgan fingerprint density at radius 1 is 1.35 bits per heavy atom. The monoisotopic (exact) mass is 355 g/mol. The highest BCUT2D eigenvalue weighted by Gasteiger charge is 2.12. The molecule has 0 saturated heterocycles. The molecule has 1 aromatic heterocycles. The van der Waals surface area contributed by atoms with Crippen LogP contribution in [0.1, 0.15) is 16.1 Å². The molecule has 1 amide bonds. The molecule has 0 spiro atoms. The zero-order chi connectivity index (χ0) is 15.9. The number of benzene rings is 1. The molecular formula is C16H19Cl2N3O2. The third-order valence-corrected chi connectivity index (χ3v) is 3.35. The first-order valence-corrected chi connectivity index (χ1v) is 7.27. The lowest BCUT2D eigenvalue weighted by Crippen LogP contribution is -2.31. The quantitative estimate of drug-likeness (QED) is 0.864. The third-order valence-electron chi connectivity index (χ3n) is 3.11. The highest BCUT2D eigenvalue weighted by Crippen LogP contribution is 2.17. The molecule has 0 aliphatic rings. The first-order valence-electron chi connectivity index (χ1n) is 6.89. The fourth-order valence-corrected chi connectivity index (χ4v) is 2.08. The number of amides is 1. The summed E-state index contributed by atoms with van der Waals surface area (Å²) in [4.78, 5) is 18.0. The van der Waals surface area contributed by atoms with Crippen LogP contribution in [0.2, 0.25) is 5.02 Å². The van der Waals surface area contributed by atoms with Crippen molar-refractivity contribution in [3.63, 3.8) is 0 Å². The molecule has 1 aromatic carbocycles. The van der Waals surface area contributed by atoms with Crippen molar-refractivity contribution in [2.45, 2.75) is 6.54 Å². The number of ether oxygens (including phenoxy) is 1. The van der Waals surface area contributed by atoms with E-state index in [2.05, 4.69) is 4.98 Å². The molecule has 5 nitrogen and oxygen atoms in total. The number of pyridine rings is 1. The molecule has 2 rings (SSSR count). The van der Waals surface area contributed by atoms with Crippen LogP contribution < -0.4 is 10.5 Å². The van der Waals surface area contributed by atoms with Crippen LogP contribution in [0.5, 0.6) is 5.75 Å². The van der Waals surface area contributed by atoms with Gasteiger partial charge in [-0.3, -0.25) is 9.78 Å². The standard InChI is InChI=1S/C16H18ClN3O2.ClH/c1-20(7-8-22-15-4-2-3-13(17)10-15)16(21)12-5-6-19-14(9-12)11-18;/h2-6,9-10H,7-8,11,18H2,1H3;1H. The maximum absolute atomic E-state index is 12.3. The van der Waals surface area contributed by atoms with Gasteiger partial charge in [0.1, 0.15) is 12.4 Å². The summed E-state index contributed by atoms with van der Waals surface area (Å²) in [7, 11) is 1.73. The topological polar surface area (TPSA) is 68.5 Å². The number of hydrogen-bond donors (Lipinski definition) is 1. The minimum atomic E-state index is -0.0909. The molecule has 0 aliphatic heterocycles. The fourth-order valence-electron chi connectivity index (χ4n) is 1.90. The van der Waals surface area contributed by atoms with E-state index in [1.165, 1.54) is 0 Å². The summed E-state index contributed by atoms with van der Waals surface area (Å²) in [5.41, 5.74) is 6.79. The lowest BCUT2D eigenvalue weighted by Gasteiger charge is -2.17. The third kappa shape index (κ3) is 5.71. The van der Waals surface area contributed by atoms with Gasteiger partial charge in [-0.25, -0.2) is 0 Å². The number of hydrogen-bond acceptors (Lipinski definition) is 4. The van der Waals surface area contributed by atoms with Crippen molar-refractivity contribution in [3.05, 3.63) is 58.9 Å². The van der Waals surface area contributed by atoms with Crippen LogP contribution in [0.3, 0.4) is 0 Å². The van der Waals surface area contributed by atoms with Crippen LogP contribution in [0.25, 0.3) is 0 Å². The summed E-state index contributed by atoms with van der Waals surface area (Å²) in [6.45, 7) is 1.16. The normalized spacial score (nSPS) is 9.87. The van der Waals surface area contributed by atoms with E-state index < -0.39 is 0 Å². The number of rotatable bonds is 6. The van der Waals surface area contributed by atoms with Gasteiger partial charge in [0.2, 0.25) is 0 Å². The van der Waals surface area contributed by atoms with Crippen LogP contribution >= 0.6 is 24.0 Å². The Balaban J connectivity index is 0.00000264. The molecule has 0 radical (unpaired) electrons. The van der Waals surface area contributed by atoms with Gasteiger partial charge >= 0.3 is 0 Å². The molecule has 0 saturated carbocycles. The molecule has 0 bridgehead atoms. The predicted octanol–water partition coefficient (Wildman–Crippen LogP) is 2.77. The number of carbonyl (C=O) groups excluding carboxylic acids is 1. The highest BCUT2D eigenvalue weighted by molar-refractivity contribution is 6.30. The van der Waals surface area contributed by atoms with Gasteiger partial charge in [0.05, 0.1) is 12.2 Å². The van der Waals surface area contributed by atoms with Crippen LogP contribution in [-0.4, -0.2) is 36.0 Å². The summed E-state index contributed by atoms with van der Waals surface area (Å²) in [6, 6.07) is 10.5. The Morgan fingerprint density at radius 3 is 2.83 bits per heavy atom. The SMILES string of the molecule is CN(CCOc1cccc(Cl)c1)C(=O)c1ccnc(CN)c1.Cl. The Bertz CT molecular complexity index is 653. The number of halogens is 2. The van der Waals surface area contributed by atoms with Crippen molar-refractivity contribution in [1.82, 2.24) is 9.88 Å². The zero-order valence-corrected chi connectivity index (χ0v) is 14.3. The van der Waals surface area contributed by atoms with Crippen LogP contribution in [-0.2, 0) is 6.54 Å². The Kier molecular flexibility index (Phi) is 7.81. The molecule has 124 valence electrons. The maximum atomic E-state index is 12.3. The van der Waals surface area contributed by atoms with E-state index in [1.54, 1.807) is 42.4 Å². The molecule has 0 atom stereocenters. The molecule has 1 heterocycles. The van der Waals surface area contributed by atoms with Gasteiger partial charge in [-0.15, -0.1) is 12.4 Å². The van der Waals surface area contributed by atoms with E-state index in [0.29, 0.717) is 41.7 Å². The first-order chi connectivity index (χ1) is 10.6. The van der Waals surface area contributed by atoms with Crippen LogP contribution in [0.4, 0.5) is 0 Å². The van der Waals surface area contributed by atoms with E-state index >= 15 is 0 Å². The maximum Gasteiger partial charge on any atom is 0.253 e. The largest absolute Gasteiger partial charge is 0.492 e. The van der Waals surface area contributed by atoms with Crippen molar-refractivity contribution < 1.29 is 9.53 Å². The van der Waals surface area contributed by atoms with E-state index in [-0.39, 0.29) is 18.3 Å². The molecule has 2 N–H and O–H groups in total. The average molecular weight is 356 g/mol. The van der Waals surface area contributed by atoms with Gasteiger partial charge in [0.25, 0.3) is 5.91 Å². The number of likely N-dealkylation sites (N-methyl/N-ethyl adjacent to an activating group) is 1. The summed E-state index contributed by atoms with van der Waals surface area (Å²) in [5, 5.41) is 0.619. The minimum absolute atomic E-state index is 0. The first kappa shape index (κ1) is 19.2. The van der Waals surface area contributed by atoms with Crippen LogP contribution in [0.15, 0.2) is 42.6 Å². The molecule has 0 fully saturated rings. The molecule has 0 unspecified atom stereocenters. The summed E-state index contributed by atoms with van der Waals surface area (Å²) < 4.78 is 5.58. The minimum Gasteiger partial charge on any atom is -0.492 e. The lowest BCUT2D eigenvalue weighted by molar-refractivity contribution is 0.0773. The van der Waals surface area contributed by atoms with E-state index in [9.17, 15) is 4.79 Å². The average Bonchev–Trinajstić information content (AvgIpc) is 2.54. The molecular weight excluding hydrogens is 337 g/mol. The number of nitrogens with two attached hydrogens (primary N) is 1. The Hall–Kier alpha value is -1.82. The van der Waals surface area contributed by atoms with Crippen molar-refractivity contribution in [3.8, 4) is 5.75 Å². The van der Waals surface area contributed by atoms with E-state index in [1.807, 2.05) is 12.1 Å². The summed E-state index contributed by atoms with van der Waals surface area (Å²) >= 11 is 5.88. The van der Waals surface area contributed by atoms with Gasteiger partial charge in [0, 0.05) is 30.4 Å². The van der Waals surface area contributed by atoms with Gasteiger partial charge in [-0.05, 0) is 30.3 Å². The van der Waals surface area contributed by atoms with Gasteiger partial charge in [-0.1, -0.05) is 17.7 Å². The smallest absolute Gasteiger partial charge is 0.253 e. The molecule has 7 heteroatoms. The Labute approximate surface area is 146 Å². The lowest BCUT2D eigenvalue weighted by atomic mass is 10.2. The van der Waals surface area contributed by atoms with Gasteiger partial charge in [-0.2, -0.15) is 0 Å². The summed E-state index contributed by atoms with van der Waals surface area (Å²) in [5.74, 6) is 0.592. The second-order valence-corrected chi connectivity index (χ2v) is 5.21. The molecule has 23 heavy (non-hydrogen) atoms. The van der Waals surface area contributed by atoms with Crippen molar-refractivity contribution in [1.29, 1.82) is 0 Å². The van der Waals surface area contributed by atoms with E-state index in [4.69, 9.17) is 22.1 Å². The summed E-state index contributed by atoms with van der Waals surface area (Å²) in [6.07, 6.45) is 1.59. The van der Waals surface area contributed by atoms with E-state index in [0.717, 1.165) is 0 Å². The zero-order valence-electron chi connectivity index (χ0n) is 12.7. The molecule has 2 aromatic rings. The molecule has 0 aliphatic carbocycles. The van der Waals surface area contributed by atoms with Crippen molar-refractivity contribution in [2.75, 3.05) is 20.2 Å². The number of carbonyl (C=O) groups is 1. The fraction of sp³-hybridized carbons (Fsp3) is 0.250. The van der Waals surface area contributed by atoms with Crippen molar-refractivity contribution in [2.24, 2.45) is 5.73 Å². The van der Waals surface area contributed by atoms with Gasteiger partial charge < -0.3 is 15.4 Å². The van der Waals surface area contributed by atoms with Crippen molar-refractivity contribution >= 4 is 29.9 Å². The number of nitrogens with zero attached hydrogens (tertiary/aromatic N) is 2. The predicted molar refractivity (Wildman–Crippen MR) is 93.3 cm³/mol. The number of aromatic nitrogens is 1. The van der Waals surface area contributed by atoms with Crippen LogP contribution in [0, 0.1) is 0 Å². The second-order valence-electron chi connectivity index (χ2n) is 4.77. The Morgan fingerprint density at radius 2 is 2.13 bits per heavy atom.